The Morgan fingerprint density at radius 1 is 1.53 bits per heavy atom. The van der Waals surface area contributed by atoms with Gasteiger partial charge in [-0.3, -0.25) is 11.3 Å². The number of rotatable bonds is 4. The molecule has 1 aromatic rings. The van der Waals surface area contributed by atoms with Gasteiger partial charge in [0.05, 0.1) is 42.7 Å². The predicted molar refractivity (Wildman–Crippen MR) is 67.0 cm³/mol. The Bertz CT molecular complexity index is 344. The molecule has 1 fully saturated rings. The SMILES string of the molecule is Cc1nc(CC(NN)C2COCCO2)sc1C. The molecule has 2 atom stereocenters. The molecule has 0 aromatic carbocycles. The molecule has 2 heterocycles. The van der Waals surface area contributed by atoms with Crippen LogP contribution in [0.15, 0.2) is 0 Å². The minimum atomic E-state index is 0.0123. The van der Waals surface area contributed by atoms with Crippen molar-refractivity contribution in [3.63, 3.8) is 0 Å². The van der Waals surface area contributed by atoms with Gasteiger partial charge in [0.1, 0.15) is 0 Å². The quantitative estimate of drug-likeness (QED) is 0.609. The molecule has 3 N–H and O–H groups in total. The van der Waals surface area contributed by atoms with Gasteiger partial charge in [-0.1, -0.05) is 0 Å². The Hall–Kier alpha value is -0.530. The minimum Gasteiger partial charge on any atom is -0.376 e. The summed E-state index contributed by atoms with van der Waals surface area (Å²) in [6.45, 7) is 6.02. The van der Waals surface area contributed by atoms with Crippen molar-refractivity contribution < 1.29 is 9.47 Å². The Labute approximate surface area is 105 Å². The minimum absolute atomic E-state index is 0.0123. The number of nitrogens with one attached hydrogen (secondary N) is 1. The van der Waals surface area contributed by atoms with Crippen LogP contribution in [0.1, 0.15) is 15.6 Å². The van der Waals surface area contributed by atoms with Crippen molar-refractivity contribution in [1.82, 2.24) is 10.4 Å². The van der Waals surface area contributed by atoms with E-state index in [1.165, 1.54) is 4.88 Å². The number of hydrogen-bond acceptors (Lipinski definition) is 6. The summed E-state index contributed by atoms with van der Waals surface area (Å²) < 4.78 is 11.0. The summed E-state index contributed by atoms with van der Waals surface area (Å²) in [4.78, 5) is 5.78. The molecule has 6 heteroatoms. The molecular weight excluding hydrogens is 238 g/mol. The lowest BCUT2D eigenvalue weighted by molar-refractivity contribution is -0.101. The molecule has 5 nitrogen and oxygen atoms in total. The molecule has 1 aliphatic heterocycles. The van der Waals surface area contributed by atoms with Crippen molar-refractivity contribution in [2.24, 2.45) is 5.84 Å². The predicted octanol–water partition coefficient (Wildman–Crippen LogP) is 0.550. The number of thiazole rings is 1. The molecule has 1 aromatic heterocycles. The average Bonchev–Trinajstić information content (AvgIpc) is 2.67. The molecule has 0 radical (unpaired) electrons. The fourth-order valence-electron chi connectivity index (χ4n) is 1.85. The van der Waals surface area contributed by atoms with Crippen molar-refractivity contribution in [2.75, 3.05) is 19.8 Å². The van der Waals surface area contributed by atoms with Crippen molar-refractivity contribution in [3.05, 3.63) is 15.6 Å². The van der Waals surface area contributed by atoms with Gasteiger partial charge in [0.25, 0.3) is 0 Å². The third-order valence-electron chi connectivity index (χ3n) is 2.97. The maximum absolute atomic E-state index is 5.65. The van der Waals surface area contributed by atoms with Gasteiger partial charge in [0.2, 0.25) is 0 Å². The summed E-state index contributed by atoms with van der Waals surface area (Å²) >= 11 is 1.72. The zero-order chi connectivity index (χ0) is 12.3. The maximum atomic E-state index is 5.65. The first kappa shape index (κ1) is 12.9. The summed E-state index contributed by atoms with van der Waals surface area (Å²) in [5.74, 6) is 5.59. The molecule has 0 spiro atoms. The Kier molecular flexibility index (Phi) is 4.47. The zero-order valence-corrected chi connectivity index (χ0v) is 11.0. The number of hydrogen-bond donors (Lipinski definition) is 2. The smallest absolute Gasteiger partial charge is 0.0979 e. The number of hydrazine groups is 1. The highest BCUT2D eigenvalue weighted by molar-refractivity contribution is 7.11. The molecule has 1 aliphatic rings. The highest BCUT2D eigenvalue weighted by Crippen LogP contribution is 2.19. The van der Waals surface area contributed by atoms with Crippen LogP contribution in [0.4, 0.5) is 0 Å². The molecule has 0 bridgehead atoms. The number of ether oxygens (including phenoxy) is 2. The summed E-state index contributed by atoms with van der Waals surface area (Å²) in [7, 11) is 0. The van der Waals surface area contributed by atoms with Crippen LogP contribution in [-0.2, 0) is 15.9 Å². The molecular formula is C11H19N3O2S. The molecule has 2 rings (SSSR count). The number of aromatic nitrogens is 1. The Morgan fingerprint density at radius 2 is 2.35 bits per heavy atom. The second-order valence-corrected chi connectivity index (χ2v) is 5.50. The van der Waals surface area contributed by atoms with Crippen LogP contribution in [0.2, 0.25) is 0 Å². The Morgan fingerprint density at radius 3 is 2.88 bits per heavy atom. The fraction of sp³-hybridized carbons (Fsp3) is 0.727. The van der Waals surface area contributed by atoms with E-state index in [0.717, 1.165) is 17.1 Å². The average molecular weight is 257 g/mol. The van der Waals surface area contributed by atoms with Gasteiger partial charge >= 0.3 is 0 Å². The van der Waals surface area contributed by atoms with E-state index in [-0.39, 0.29) is 12.1 Å². The second kappa shape index (κ2) is 5.88. The van der Waals surface area contributed by atoms with E-state index in [1.807, 2.05) is 6.92 Å². The van der Waals surface area contributed by atoms with E-state index in [0.29, 0.717) is 19.8 Å². The molecule has 0 saturated carbocycles. The maximum Gasteiger partial charge on any atom is 0.0979 e. The van der Waals surface area contributed by atoms with Gasteiger partial charge in [-0.2, -0.15) is 0 Å². The lowest BCUT2D eigenvalue weighted by atomic mass is 10.1. The van der Waals surface area contributed by atoms with Crippen LogP contribution >= 0.6 is 11.3 Å². The van der Waals surface area contributed by atoms with Gasteiger partial charge < -0.3 is 9.47 Å². The summed E-state index contributed by atoms with van der Waals surface area (Å²) in [6, 6.07) is 0.0558. The van der Waals surface area contributed by atoms with Crippen molar-refractivity contribution >= 4 is 11.3 Å². The molecule has 0 amide bonds. The monoisotopic (exact) mass is 257 g/mol. The van der Waals surface area contributed by atoms with Crippen molar-refractivity contribution in [3.8, 4) is 0 Å². The first-order valence-corrected chi connectivity index (χ1v) is 6.60. The molecule has 0 aliphatic carbocycles. The summed E-state index contributed by atoms with van der Waals surface area (Å²) in [5.41, 5.74) is 3.91. The molecule has 1 saturated heterocycles. The fourth-order valence-corrected chi connectivity index (χ4v) is 2.84. The van der Waals surface area contributed by atoms with Gasteiger partial charge in [-0.15, -0.1) is 11.3 Å². The van der Waals surface area contributed by atoms with Gasteiger partial charge in [0, 0.05) is 11.3 Å². The number of nitrogens with zero attached hydrogens (tertiary/aromatic N) is 1. The largest absolute Gasteiger partial charge is 0.376 e. The van der Waals surface area contributed by atoms with E-state index in [2.05, 4.69) is 17.3 Å². The van der Waals surface area contributed by atoms with E-state index in [4.69, 9.17) is 15.3 Å². The van der Waals surface area contributed by atoms with E-state index in [1.54, 1.807) is 11.3 Å². The first-order valence-electron chi connectivity index (χ1n) is 5.79. The van der Waals surface area contributed by atoms with Crippen LogP contribution in [0, 0.1) is 13.8 Å². The number of nitrogens with two attached hydrogens (primary N) is 1. The van der Waals surface area contributed by atoms with E-state index < -0.39 is 0 Å². The third-order valence-corrected chi connectivity index (χ3v) is 4.07. The van der Waals surface area contributed by atoms with Crippen LogP contribution < -0.4 is 11.3 Å². The van der Waals surface area contributed by atoms with E-state index in [9.17, 15) is 0 Å². The molecule has 2 unspecified atom stereocenters. The Balaban J connectivity index is 1.98. The van der Waals surface area contributed by atoms with Gasteiger partial charge in [0.15, 0.2) is 0 Å². The van der Waals surface area contributed by atoms with Gasteiger partial charge in [-0.05, 0) is 13.8 Å². The second-order valence-electron chi connectivity index (χ2n) is 4.21. The lowest BCUT2D eigenvalue weighted by Crippen LogP contribution is -2.50. The van der Waals surface area contributed by atoms with Crippen LogP contribution in [-0.4, -0.2) is 37.0 Å². The summed E-state index contributed by atoms with van der Waals surface area (Å²) in [6.07, 6.45) is 0.794. The highest BCUT2D eigenvalue weighted by Gasteiger charge is 2.25. The lowest BCUT2D eigenvalue weighted by Gasteiger charge is -2.29. The van der Waals surface area contributed by atoms with Crippen LogP contribution in [0.5, 0.6) is 0 Å². The van der Waals surface area contributed by atoms with Crippen molar-refractivity contribution in [2.45, 2.75) is 32.4 Å². The number of aryl methyl sites for hydroxylation is 2. The molecule has 17 heavy (non-hydrogen) atoms. The zero-order valence-electron chi connectivity index (χ0n) is 10.2. The normalized spacial score (nSPS) is 22.6. The standard InChI is InChI=1S/C11H19N3O2S/c1-7-8(2)17-11(13-7)5-9(14-12)10-6-15-3-4-16-10/h9-10,14H,3-6,12H2,1-2H3. The summed E-state index contributed by atoms with van der Waals surface area (Å²) in [5, 5.41) is 1.09. The first-order chi connectivity index (χ1) is 8.20. The third kappa shape index (κ3) is 3.23. The topological polar surface area (TPSA) is 69.4 Å². The van der Waals surface area contributed by atoms with Crippen LogP contribution in [0.3, 0.4) is 0 Å². The van der Waals surface area contributed by atoms with Gasteiger partial charge in [-0.25, -0.2) is 4.98 Å². The highest BCUT2D eigenvalue weighted by atomic mass is 32.1. The van der Waals surface area contributed by atoms with Crippen molar-refractivity contribution in [1.29, 1.82) is 0 Å². The molecule has 96 valence electrons. The van der Waals surface area contributed by atoms with Crippen LogP contribution in [0.25, 0.3) is 0 Å². The van der Waals surface area contributed by atoms with E-state index >= 15 is 0 Å².